The monoisotopic (exact) mass is 518 g/mol. The third kappa shape index (κ3) is 6.62. The summed E-state index contributed by atoms with van der Waals surface area (Å²) in [6, 6.07) is 18.8. The maximum Gasteiger partial charge on any atom is 0.332 e. The number of benzene rings is 2. The molecule has 0 fully saturated rings. The summed E-state index contributed by atoms with van der Waals surface area (Å²) >= 11 is 1.26. The number of nitrogens with one attached hydrogen (secondary N) is 2. The van der Waals surface area contributed by atoms with Crippen molar-refractivity contribution >= 4 is 39.1 Å². The Morgan fingerprint density at radius 2 is 1.62 bits per heavy atom. The van der Waals surface area contributed by atoms with Crippen LogP contribution in [0.15, 0.2) is 75.6 Å². The predicted octanol–water partition coefficient (Wildman–Crippen LogP) is 4.05. The number of rotatable bonds is 11. The van der Waals surface area contributed by atoms with E-state index in [1.807, 2.05) is 55.5 Å². The number of para-hydroxylation sites is 1. The molecule has 0 aliphatic rings. The zero-order valence-electron chi connectivity index (χ0n) is 20.7. The predicted molar refractivity (Wildman–Crippen MR) is 147 cm³/mol. The van der Waals surface area contributed by atoms with Crippen molar-refractivity contribution in [1.29, 1.82) is 0 Å². The van der Waals surface area contributed by atoms with Gasteiger partial charge in [0.2, 0.25) is 11.8 Å². The molecule has 0 saturated heterocycles. The number of hydrogen-bond donors (Lipinski definition) is 2. The molecule has 2 aromatic heterocycles. The Balaban J connectivity index is 1.36. The van der Waals surface area contributed by atoms with E-state index in [9.17, 15) is 19.2 Å². The van der Waals surface area contributed by atoms with Gasteiger partial charge in [-0.15, -0.1) is 11.3 Å². The largest absolute Gasteiger partial charge is 0.352 e. The first-order valence-electron chi connectivity index (χ1n) is 12.3. The molecular weight excluding hydrogens is 488 g/mol. The van der Waals surface area contributed by atoms with E-state index < -0.39 is 5.69 Å². The van der Waals surface area contributed by atoms with Crippen molar-refractivity contribution in [2.24, 2.45) is 0 Å². The second kappa shape index (κ2) is 12.3. The van der Waals surface area contributed by atoms with Crippen LogP contribution in [0.5, 0.6) is 0 Å². The molecule has 8 nitrogen and oxygen atoms in total. The molecular formula is C28H30N4O4S. The molecule has 0 aliphatic heterocycles. The number of anilines is 1. The highest BCUT2D eigenvalue weighted by atomic mass is 32.1. The summed E-state index contributed by atoms with van der Waals surface area (Å²) in [6.07, 6.45) is 2.31. The Morgan fingerprint density at radius 3 is 2.41 bits per heavy atom. The summed E-state index contributed by atoms with van der Waals surface area (Å²) in [5, 5.41) is 7.50. The molecule has 2 N–H and O–H groups in total. The quantitative estimate of drug-likeness (QED) is 0.293. The number of aryl methyl sites for hydroxylation is 1. The van der Waals surface area contributed by atoms with Gasteiger partial charge in [-0.1, -0.05) is 55.0 Å². The van der Waals surface area contributed by atoms with E-state index in [-0.39, 0.29) is 30.5 Å². The number of amides is 2. The van der Waals surface area contributed by atoms with Gasteiger partial charge in [0.05, 0.1) is 5.52 Å². The number of unbranched alkanes of at least 4 members (excludes halogenated alkanes) is 2. The molecule has 0 radical (unpaired) electrons. The van der Waals surface area contributed by atoms with Crippen LogP contribution in [0.2, 0.25) is 0 Å². The van der Waals surface area contributed by atoms with Gasteiger partial charge in [0.25, 0.3) is 5.56 Å². The highest BCUT2D eigenvalue weighted by molar-refractivity contribution is 7.17. The van der Waals surface area contributed by atoms with Gasteiger partial charge >= 0.3 is 5.69 Å². The molecule has 2 amide bonds. The van der Waals surface area contributed by atoms with Crippen LogP contribution in [0.1, 0.15) is 36.8 Å². The number of nitrogens with zero attached hydrogens (tertiary/aromatic N) is 2. The third-order valence-electron chi connectivity index (χ3n) is 6.18. The van der Waals surface area contributed by atoms with Gasteiger partial charge in [0.1, 0.15) is 11.2 Å². The number of hydrogen-bond acceptors (Lipinski definition) is 5. The molecule has 0 unspecified atom stereocenters. The van der Waals surface area contributed by atoms with Crippen LogP contribution in [0.25, 0.3) is 10.2 Å². The lowest BCUT2D eigenvalue weighted by atomic mass is 10.1. The molecule has 0 atom stereocenters. The van der Waals surface area contributed by atoms with Gasteiger partial charge in [0.15, 0.2) is 0 Å². The van der Waals surface area contributed by atoms with Crippen molar-refractivity contribution in [3.8, 4) is 0 Å². The Morgan fingerprint density at radius 1 is 0.865 bits per heavy atom. The summed E-state index contributed by atoms with van der Waals surface area (Å²) in [7, 11) is 0. The maximum absolute atomic E-state index is 13.2. The minimum absolute atomic E-state index is 0.0250. The highest BCUT2D eigenvalue weighted by Gasteiger charge is 2.17. The van der Waals surface area contributed by atoms with Crippen LogP contribution >= 0.6 is 11.3 Å². The lowest BCUT2D eigenvalue weighted by Crippen LogP contribution is -2.41. The summed E-state index contributed by atoms with van der Waals surface area (Å²) < 4.78 is 3.01. The van der Waals surface area contributed by atoms with Gasteiger partial charge in [-0.25, -0.2) is 4.79 Å². The number of aromatic nitrogens is 2. The van der Waals surface area contributed by atoms with Crippen LogP contribution in [-0.4, -0.2) is 20.9 Å². The Hall–Kier alpha value is -3.98. The van der Waals surface area contributed by atoms with Crippen LogP contribution in [0.3, 0.4) is 0 Å². The van der Waals surface area contributed by atoms with E-state index in [0.29, 0.717) is 48.1 Å². The van der Waals surface area contributed by atoms with E-state index in [2.05, 4.69) is 10.6 Å². The standard InChI is InChI=1S/C28H30N4O4S/c1-20-10-7-8-13-22(20)30-25(34)19-32-23-15-17-37-26(23)27(35)31(28(32)36)16-9-3-6-14-24(33)29-18-21-11-4-2-5-12-21/h2,4-5,7-8,10-13,15,17H,3,6,9,14,16,18-19H2,1H3,(H,29,33)(H,30,34). The molecule has 0 saturated carbocycles. The second-order valence-electron chi connectivity index (χ2n) is 8.90. The Labute approximate surface area is 218 Å². The summed E-state index contributed by atoms with van der Waals surface area (Å²) in [5.41, 5.74) is 2.27. The third-order valence-corrected chi connectivity index (χ3v) is 7.07. The SMILES string of the molecule is Cc1ccccc1NC(=O)Cn1c(=O)n(CCCCCC(=O)NCc2ccccc2)c(=O)c2sccc21. The van der Waals surface area contributed by atoms with E-state index in [0.717, 1.165) is 11.1 Å². The summed E-state index contributed by atoms with van der Waals surface area (Å²) in [6.45, 7) is 2.43. The van der Waals surface area contributed by atoms with Crippen molar-refractivity contribution in [2.45, 2.75) is 52.2 Å². The maximum atomic E-state index is 13.2. The molecule has 0 aliphatic carbocycles. The van der Waals surface area contributed by atoms with E-state index in [1.165, 1.54) is 20.5 Å². The van der Waals surface area contributed by atoms with Crippen LogP contribution in [0, 0.1) is 6.92 Å². The number of carbonyl (C=O) groups is 2. The van der Waals surface area contributed by atoms with Crippen molar-refractivity contribution in [3.63, 3.8) is 0 Å². The Bertz CT molecular complexity index is 1500. The van der Waals surface area contributed by atoms with Gasteiger partial charge in [0, 0.05) is 25.2 Å². The molecule has 0 spiro atoms. The fourth-order valence-corrected chi connectivity index (χ4v) is 4.99. The fourth-order valence-electron chi connectivity index (χ4n) is 4.15. The minimum atomic E-state index is -0.503. The molecule has 2 heterocycles. The number of carbonyl (C=O) groups excluding carboxylic acids is 2. The van der Waals surface area contributed by atoms with E-state index in [1.54, 1.807) is 17.5 Å². The zero-order chi connectivity index (χ0) is 26.2. The molecule has 2 aromatic carbocycles. The van der Waals surface area contributed by atoms with Crippen LogP contribution in [0.4, 0.5) is 5.69 Å². The fraction of sp³-hybridized carbons (Fsp3) is 0.286. The van der Waals surface area contributed by atoms with Crippen LogP contribution < -0.4 is 21.9 Å². The molecule has 192 valence electrons. The van der Waals surface area contributed by atoms with Crippen molar-refractivity contribution < 1.29 is 9.59 Å². The molecule has 37 heavy (non-hydrogen) atoms. The first kappa shape index (κ1) is 26.1. The average molecular weight is 519 g/mol. The summed E-state index contributed by atoms with van der Waals surface area (Å²) in [4.78, 5) is 51.1. The van der Waals surface area contributed by atoms with Gasteiger partial charge in [-0.2, -0.15) is 0 Å². The lowest BCUT2D eigenvalue weighted by molar-refractivity contribution is -0.121. The first-order valence-corrected chi connectivity index (χ1v) is 13.2. The molecule has 9 heteroatoms. The van der Waals surface area contributed by atoms with E-state index >= 15 is 0 Å². The average Bonchev–Trinajstić information content (AvgIpc) is 3.39. The first-order chi connectivity index (χ1) is 17.9. The van der Waals surface area contributed by atoms with Gasteiger partial charge in [-0.3, -0.25) is 23.5 Å². The minimum Gasteiger partial charge on any atom is -0.352 e. The van der Waals surface area contributed by atoms with Crippen molar-refractivity contribution in [1.82, 2.24) is 14.5 Å². The van der Waals surface area contributed by atoms with Crippen molar-refractivity contribution in [3.05, 3.63) is 98.0 Å². The number of fused-ring (bicyclic) bond motifs is 1. The highest BCUT2D eigenvalue weighted by Crippen LogP contribution is 2.17. The van der Waals surface area contributed by atoms with E-state index in [4.69, 9.17) is 0 Å². The summed E-state index contributed by atoms with van der Waals surface area (Å²) in [5.74, 6) is -0.362. The van der Waals surface area contributed by atoms with Crippen LogP contribution in [-0.2, 0) is 29.2 Å². The van der Waals surface area contributed by atoms with Crippen molar-refractivity contribution in [2.75, 3.05) is 5.32 Å². The smallest absolute Gasteiger partial charge is 0.332 e. The van der Waals surface area contributed by atoms with Gasteiger partial charge < -0.3 is 10.6 Å². The topological polar surface area (TPSA) is 102 Å². The molecule has 0 bridgehead atoms. The Kier molecular flexibility index (Phi) is 8.68. The normalized spacial score (nSPS) is 10.9. The second-order valence-corrected chi connectivity index (χ2v) is 9.81. The molecule has 4 rings (SSSR count). The lowest BCUT2D eigenvalue weighted by Gasteiger charge is -2.13. The number of thiophene rings is 1. The zero-order valence-corrected chi connectivity index (χ0v) is 21.6. The molecule has 4 aromatic rings. The van der Waals surface area contributed by atoms with Gasteiger partial charge in [-0.05, 0) is 48.4 Å².